The van der Waals surface area contributed by atoms with E-state index in [2.05, 4.69) is 20.0 Å². The van der Waals surface area contributed by atoms with Crippen LogP contribution >= 0.6 is 0 Å². The highest BCUT2D eigenvalue weighted by Gasteiger charge is 2.33. The second-order valence-corrected chi connectivity index (χ2v) is 7.78. The van der Waals surface area contributed by atoms with Gasteiger partial charge in [-0.05, 0) is 50.0 Å². The van der Waals surface area contributed by atoms with E-state index in [9.17, 15) is 4.79 Å². The molecule has 3 heterocycles. The molecule has 138 valence electrons. The fraction of sp³-hybridized carbons (Fsp3) is 0.789. The van der Waals surface area contributed by atoms with Gasteiger partial charge in [0, 0.05) is 44.3 Å². The molecule has 4 rings (SSSR count). The predicted octanol–water partition coefficient (Wildman–Crippen LogP) is 2.01. The maximum Gasteiger partial charge on any atom is 0.225 e. The first-order chi connectivity index (χ1) is 12.3. The summed E-state index contributed by atoms with van der Waals surface area (Å²) in [5, 5.41) is 6.95. The lowest BCUT2D eigenvalue weighted by molar-refractivity contribution is -0.138. The summed E-state index contributed by atoms with van der Waals surface area (Å²) in [7, 11) is 0. The number of hydrogen-bond donors (Lipinski definition) is 1. The summed E-state index contributed by atoms with van der Waals surface area (Å²) in [5.74, 6) is 1.22. The molecule has 1 aromatic heterocycles. The number of carbonyl (C=O) groups excluding carboxylic acids is 1. The first kappa shape index (κ1) is 17.0. The molecule has 6 nitrogen and oxygen atoms in total. The van der Waals surface area contributed by atoms with Gasteiger partial charge in [0.15, 0.2) is 0 Å². The van der Waals surface area contributed by atoms with Gasteiger partial charge in [0.25, 0.3) is 0 Å². The van der Waals surface area contributed by atoms with Crippen LogP contribution in [0.25, 0.3) is 0 Å². The van der Waals surface area contributed by atoms with Crippen LogP contribution < -0.4 is 0 Å². The normalized spacial score (nSPS) is 29.7. The van der Waals surface area contributed by atoms with E-state index in [1.54, 1.807) is 0 Å². The fourth-order valence-electron chi connectivity index (χ4n) is 4.81. The molecule has 3 fully saturated rings. The first-order valence-corrected chi connectivity index (χ1v) is 9.90. The van der Waals surface area contributed by atoms with Crippen molar-refractivity contribution in [2.75, 3.05) is 39.4 Å². The first-order valence-electron chi connectivity index (χ1n) is 9.90. The van der Waals surface area contributed by atoms with Crippen LogP contribution in [-0.2, 0) is 9.53 Å². The molecule has 0 aromatic carbocycles. The number of nitrogens with zero attached hydrogens (tertiary/aromatic N) is 3. The number of piperidine rings is 1. The third kappa shape index (κ3) is 3.90. The van der Waals surface area contributed by atoms with E-state index in [0.29, 0.717) is 17.9 Å². The zero-order valence-electron chi connectivity index (χ0n) is 15.0. The monoisotopic (exact) mass is 346 g/mol. The molecule has 0 radical (unpaired) electrons. The van der Waals surface area contributed by atoms with Crippen molar-refractivity contribution in [2.45, 2.75) is 50.5 Å². The highest BCUT2D eigenvalue weighted by atomic mass is 16.5. The van der Waals surface area contributed by atoms with E-state index in [-0.39, 0.29) is 5.92 Å². The number of H-pyrrole nitrogens is 1. The minimum Gasteiger partial charge on any atom is -0.379 e. The Hall–Kier alpha value is -1.40. The number of nitrogens with one attached hydrogen (secondary N) is 1. The van der Waals surface area contributed by atoms with Gasteiger partial charge < -0.3 is 9.64 Å². The summed E-state index contributed by atoms with van der Waals surface area (Å²) >= 11 is 0. The summed E-state index contributed by atoms with van der Waals surface area (Å²) < 4.78 is 5.46. The number of rotatable bonds is 3. The van der Waals surface area contributed by atoms with Crippen LogP contribution in [0, 0.1) is 5.92 Å². The molecule has 2 aliphatic heterocycles. The van der Waals surface area contributed by atoms with E-state index in [4.69, 9.17) is 4.74 Å². The van der Waals surface area contributed by atoms with Crippen molar-refractivity contribution in [2.24, 2.45) is 5.92 Å². The van der Waals surface area contributed by atoms with Crippen molar-refractivity contribution in [1.82, 2.24) is 20.0 Å². The van der Waals surface area contributed by atoms with Gasteiger partial charge in [-0.2, -0.15) is 5.10 Å². The maximum atomic E-state index is 12.9. The van der Waals surface area contributed by atoms with E-state index >= 15 is 0 Å². The number of morpholine rings is 1. The van der Waals surface area contributed by atoms with Gasteiger partial charge in [-0.15, -0.1) is 0 Å². The van der Waals surface area contributed by atoms with Crippen LogP contribution in [0.5, 0.6) is 0 Å². The van der Waals surface area contributed by atoms with Gasteiger partial charge in [-0.25, -0.2) is 0 Å². The summed E-state index contributed by atoms with van der Waals surface area (Å²) in [4.78, 5) is 17.6. The quantitative estimate of drug-likeness (QED) is 0.909. The van der Waals surface area contributed by atoms with Gasteiger partial charge in [0.2, 0.25) is 5.91 Å². The molecule has 3 aliphatic rings. The predicted molar refractivity (Wildman–Crippen MR) is 95.3 cm³/mol. The van der Waals surface area contributed by atoms with Crippen molar-refractivity contribution >= 4 is 5.91 Å². The lowest BCUT2D eigenvalue weighted by Gasteiger charge is -2.40. The molecule has 0 spiro atoms. The molecule has 0 unspecified atom stereocenters. The molecular weight excluding hydrogens is 316 g/mol. The van der Waals surface area contributed by atoms with Crippen LogP contribution in [0.15, 0.2) is 12.4 Å². The topological polar surface area (TPSA) is 61.5 Å². The Morgan fingerprint density at radius 1 is 1.04 bits per heavy atom. The maximum absolute atomic E-state index is 12.9. The largest absolute Gasteiger partial charge is 0.379 e. The van der Waals surface area contributed by atoms with Crippen molar-refractivity contribution in [3.63, 3.8) is 0 Å². The molecule has 2 saturated heterocycles. The summed E-state index contributed by atoms with van der Waals surface area (Å²) in [6, 6.07) is 0.666. The molecule has 25 heavy (non-hydrogen) atoms. The minimum atomic E-state index is 0.253. The Morgan fingerprint density at radius 2 is 1.76 bits per heavy atom. The number of amides is 1. The van der Waals surface area contributed by atoms with Crippen molar-refractivity contribution < 1.29 is 9.53 Å². The number of carbonyl (C=O) groups is 1. The minimum absolute atomic E-state index is 0.253. The van der Waals surface area contributed by atoms with Crippen LogP contribution in [0.1, 0.15) is 50.0 Å². The number of aromatic amines is 1. The number of hydrogen-bond acceptors (Lipinski definition) is 4. The molecule has 1 amide bonds. The van der Waals surface area contributed by atoms with Crippen LogP contribution in [0.4, 0.5) is 0 Å². The standard InChI is InChI=1S/C19H30N4O2/c24-19(23-7-5-15(6-8-23)17-13-20-21-14-17)16-1-3-18(4-2-16)22-9-11-25-12-10-22/h13-16,18H,1-12H2,(H,20,21). The highest BCUT2D eigenvalue weighted by molar-refractivity contribution is 5.79. The summed E-state index contributed by atoms with van der Waals surface area (Å²) in [6.07, 6.45) is 10.5. The van der Waals surface area contributed by atoms with Gasteiger partial charge >= 0.3 is 0 Å². The third-order valence-corrected chi connectivity index (χ3v) is 6.41. The Morgan fingerprint density at radius 3 is 2.40 bits per heavy atom. The zero-order chi connectivity index (χ0) is 17.1. The van der Waals surface area contributed by atoms with Crippen molar-refractivity contribution in [1.29, 1.82) is 0 Å². The Balaban J connectivity index is 1.24. The van der Waals surface area contributed by atoms with Gasteiger partial charge in [-0.3, -0.25) is 14.8 Å². The molecule has 1 aliphatic carbocycles. The van der Waals surface area contributed by atoms with Crippen LogP contribution in [-0.4, -0.2) is 71.3 Å². The number of ether oxygens (including phenoxy) is 1. The lowest BCUT2D eigenvalue weighted by Crippen LogP contribution is -2.47. The van der Waals surface area contributed by atoms with E-state index in [1.807, 2.05) is 12.4 Å². The molecule has 1 aromatic rings. The van der Waals surface area contributed by atoms with Gasteiger partial charge in [-0.1, -0.05) is 0 Å². The molecule has 1 saturated carbocycles. The Kier molecular flexibility index (Phi) is 5.36. The highest BCUT2D eigenvalue weighted by Crippen LogP contribution is 2.32. The number of likely N-dealkylation sites (tertiary alicyclic amines) is 1. The lowest BCUT2D eigenvalue weighted by atomic mass is 9.83. The van der Waals surface area contributed by atoms with Crippen molar-refractivity contribution in [3.8, 4) is 0 Å². The second-order valence-electron chi connectivity index (χ2n) is 7.78. The molecule has 1 N–H and O–H groups in total. The van der Waals surface area contributed by atoms with Crippen LogP contribution in [0.2, 0.25) is 0 Å². The average molecular weight is 346 g/mol. The Bertz CT molecular complexity index is 540. The van der Waals surface area contributed by atoms with Crippen molar-refractivity contribution in [3.05, 3.63) is 18.0 Å². The third-order valence-electron chi connectivity index (χ3n) is 6.41. The SMILES string of the molecule is O=C(C1CCC(N2CCOCC2)CC1)N1CCC(c2cn[nH]c2)CC1. The zero-order valence-corrected chi connectivity index (χ0v) is 15.0. The molecule has 6 heteroatoms. The fourth-order valence-corrected chi connectivity index (χ4v) is 4.81. The summed E-state index contributed by atoms with van der Waals surface area (Å²) in [5.41, 5.74) is 1.29. The van der Waals surface area contributed by atoms with Gasteiger partial charge in [0.1, 0.15) is 0 Å². The average Bonchev–Trinajstić information content (AvgIpc) is 3.23. The van der Waals surface area contributed by atoms with E-state index in [1.165, 1.54) is 18.4 Å². The molecule has 0 atom stereocenters. The Labute approximate surface area is 149 Å². The number of aromatic nitrogens is 2. The molecule has 0 bridgehead atoms. The van der Waals surface area contributed by atoms with Crippen LogP contribution in [0.3, 0.4) is 0 Å². The van der Waals surface area contributed by atoms with E-state index < -0.39 is 0 Å². The van der Waals surface area contributed by atoms with Gasteiger partial charge in [0.05, 0.1) is 19.4 Å². The molecular formula is C19H30N4O2. The summed E-state index contributed by atoms with van der Waals surface area (Å²) in [6.45, 7) is 5.65. The smallest absolute Gasteiger partial charge is 0.225 e. The van der Waals surface area contributed by atoms with E-state index in [0.717, 1.165) is 65.1 Å². The second kappa shape index (κ2) is 7.87.